The van der Waals surface area contributed by atoms with Gasteiger partial charge in [-0.3, -0.25) is 9.78 Å². The SMILES string of the molecule is Cc1nn(C)cc1C(O)Nc1cc([C@H]2CC[C@@H](OC(=O)NC(C)C)C2)[nH]n1. The van der Waals surface area contributed by atoms with Gasteiger partial charge in [-0.25, -0.2) is 4.79 Å². The van der Waals surface area contributed by atoms with E-state index in [1.807, 2.05) is 33.9 Å². The van der Waals surface area contributed by atoms with Gasteiger partial charge in [-0.2, -0.15) is 10.2 Å². The zero-order valence-corrected chi connectivity index (χ0v) is 16.2. The highest BCUT2D eigenvalue weighted by atomic mass is 16.6. The van der Waals surface area contributed by atoms with Gasteiger partial charge < -0.3 is 20.5 Å². The smallest absolute Gasteiger partial charge is 0.407 e. The van der Waals surface area contributed by atoms with Crippen LogP contribution in [-0.4, -0.2) is 43.3 Å². The molecule has 2 aromatic heterocycles. The molecular weight excluding hydrogens is 348 g/mol. The number of ether oxygens (including phenoxy) is 1. The van der Waals surface area contributed by atoms with Gasteiger partial charge in [0, 0.05) is 42.5 Å². The topological polar surface area (TPSA) is 117 Å². The Morgan fingerprint density at radius 3 is 2.89 bits per heavy atom. The van der Waals surface area contributed by atoms with Crippen molar-refractivity contribution in [2.75, 3.05) is 5.32 Å². The maximum atomic E-state index is 11.7. The number of hydrogen-bond acceptors (Lipinski definition) is 6. The van der Waals surface area contributed by atoms with Gasteiger partial charge in [0.2, 0.25) is 0 Å². The Kier molecular flexibility index (Phi) is 5.69. The standard InChI is InChI=1S/C18H28N6O3/c1-10(2)19-18(26)27-13-6-5-12(7-13)15-8-16(22-21-15)20-17(25)14-9-24(4)23-11(14)3/h8-10,12-13,17,25H,5-7H2,1-4H3,(H,19,26)(H2,20,21,22)/t12-,13+,17?/m0/s1. The lowest BCUT2D eigenvalue weighted by Crippen LogP contribution is -2.33. The van der Waals surface area contributed by atoms with Gasteiger partial charge in [0.25, 0.3) is 0 Å². The number of nitrogens with zero attached hydrogens (tertiary/aromatic N) is 3. The number of aliphatic hydroxyl groups is 1. The Hall–Kier alpha value is -2.55. The third-order valence-corrected chi connectivity index (χ3v) is 4.73. The van der Waals surface area contributed by atoms with Crippen LogP contribution in [0.25, 0.3) is 0 Å². The van der Waals surface area contributed by atoms with E-state index < -0.39 is 6.23 Å². The van der Waals surface area contributed by atoms with Crippen LogP contribution in [0.15, 0.2) is 12.3 Å². The van der Waals surface area contributed by atoms with Crippen LogP contribution in [0.5, 0.6) is 0 Å². The number of carbonyl (C=O) groups is 1. The van der Waals surface area contributed by atoms with Crippen LogP contribution in [0.3, 0.4) is 0 Å². The molecular formula is C18H28N6O3. The Balaban J connectivity index is 1.55. The highest BCUT2D eigenvalue weighted by molar-refractivity contribution is 5.67. The van der Waals surface area contributed by atoms with Gasteiger partial charge >= 0.3 is 6.09 Å². The molecule has 0 spiro atoms. The van der Waals surface area contributed by atoms with E-state index in [0.717, 1.165) is 30.7 Å². The van der Waals surface area contributed by atoms with Crippen LogP contribution in [0.4, 0.5) is 10.6 Å². The molecule has 3 atom stereocenters. The molecule has 2 aromatic rings. The van der Waals surface area contributed by atoms with E-state index in [9.17, 15) is 9.90 Å². The van der Waals surface area contributed by atoms with Crippen molar-refractivity contribution >= 4 is 11.9 Å². The van der Waals surface area contributed by atoms with Gasteiger partial charge in [0.15, 0.2) is 6.23 Å². The van der Waals surface area contributed by atoms with E-state index in [-0.39, 0.29) is 24.2 Å². The van der Waals surface area contributed by atoms with Gasteiger partial charge in [-0.15, -0.1) is 0 Å². The van der Waals surface area contributed by atoms with Crippen molar-refractivity contribution in [3.63, 3.8) is 0 Å². The molecule has 1 fully saturated rings. The molecule has 0 bridgehead atoms. The van der Waals surface area contributed by atoms with Crippen molar-refractivity contribution in [1.29, 1.82) is 0 Å². The summed E-state index contributed by atoms with van der Waals surface area (Å²) in [6.45, 7) is 5.66. The number of carbonyl (C=O) groups excluding carboxylic acids is 1. The molecule has 1 aliphatic rings. The fraction of sp³-hybridized carbons (Fsp3) is 0.611. The zero-order valence-electron chi connectivity index (χ0n) is 16.2. The van der Waals surface area contributed by atoms with Crippen LogP contribution in [0, 0.1) is 6.92 Å². The van der Waals surface area contributed by atoms with Gasteiger partial charge in [-0.05, 0) is 40.0 Å². The predicted octanol–water partition coefficient (Wildman–Crippen LogP) is 2.33. The molecule has 3 rings (SSSR count). The summed E-state index contributed by atoms with van der Waals surface area (Å²) in [4.78, 5) is 11.7. The molecule has 27 heavy (non-hydrogen) atoms. The highest BCUT2D eigenvalue weighted by Crippen LogP contribution is 2.36. The van der Waals surface area contributed by atoms with Crippen LogP contribution < -0.4 is 10.6 Å². The summed E-state index contributed by atoms with van der Waals surface area (Å²) in [5.41, 5.74) is 2.46. The van der Waals surface area contributed by atoms with Gasteiger partial charge in [0.1, 0.15) is 11.9 Å². The summed E-state index contributed by atoms with van der Waals surface area (Å²) in [5, 5.41) is 27.6. The Labute approximate surface area is 158 Å². The maximum absolute atomic E-state index is 11.7. The average molecular weight is 376 g/mol. The molecule has 148 valence electrons. The first kappa shape index (κ1) is 19.2. The number of hydrogen-bond donors (Lipinski definition) is 4. The molecule has 1 saturated carbocycles. The van der Waals surface area contributed by atoms with Gasteiger partial charge in [0.05, 0.1) is 5.69 Å². The number of rotatable bonds is 6. The average Bonchev–Trinajstić information content (AvgIpc) is 3.27. The third-order valence-electron chi connectivity index (χ3n) is 4.73. The van der Waals surface area contributed by atoms with Crippen molar-refractivity contribution < 1.29 is 14.6 Å². The van der Waals surface area contributed by atoms with Crippen molar-refractivity contribution in [1.82, 2.24) is 25.3 Å². The lowest BCUT2D eigenvalue weighted by Gasteiger charge is -2.14. The number of H-pyrrole nitrogens is 1. The van der Waals surface area contributed by atoms with Crippen LogP contribution in [0.2, 0.25) is 0 Å². The van der Waals surface area contributed by atoms with E-state index in [4.69, 9.17) is 4.74 Å². The number of amides is 1. The molecule has 2 heterocycles. The minimum atomic E-state index is -0.880. The van der Waals surface area contributed by atoms with E-state index in [1.165, 1.54) is 0 Å². The van der Waals surface area contributed by atoms with Crippen molar-refractivity contribution in [2.45, 2.75) is 64.3 Å². The Bertz CT molecular complexity index is 784. The normalized spacial score (nSPS) is 20.7. The maximum Gasteiger partial charge on any atom is 0.407 e. The fourth-order valence-electron chi connectivity index (χ4n) is 3.47. The number of aromatic nitrogens is 4. The molecule has 0 aromatic carbocycles. The highest BCUT2D eigenvalue weighted by Gasteiger charge is 2.30. The first-order valence-corrected chi connectivity index (χ1v) is 9.29. The summed E-state index contributed by atoms with van der Waals surface area (Å²) in [6.07, 6.45) is 2.96. The third kappa shape index (κ3) is 4.79. The number of anilines is 1. The van der Waals surface area contributed by atoms with Gasteiger partial charge in [-0.1, -0.05) is 0 Å². The Morgan fingerprint density at radius 1 is 1.44 bits per heavy atom. The second kappa shape index (κ2) is 7.99. The molecule has 9 nitrogen and oxygen atoms in total. The zero-order chi connectivity index (χ0) is 19.6. The second-order valence-corrected chi connectivity index (χ2v) is 7.44. The van der Waals surface area contributed by atoms with Crippen molar-refractivity contribution in [3.05, 3.63) is 29.2 Å². The molecule has 0 saturated heterocycles. The summed E-state index contributed by atoms with van der Waals surface area (Å²) < 4.78 is 7.14. The second-order valence-electron chi connectivity index (χ2n) is 7.44. The fourth-order valence-corrected chi connectivity index (χ4v) is 3.47. The van der Waals surface area contributed by atoms with E-state index in [0.29, 0.717) is 11.4 Å². The largest absolute Gasteiger partial charge is 0.446 e. The minimum Gasteiger partial charge on any atom is -0.446 e. The first-order chi connectivity index (χ1) is 12.8. The number of nitrogens with one attached hydrogen (secondary N) is 3. The predicted molar refractivity (Wildman–Crippen MR) is 100 cm³/mol. The number of aliphatic hydroxyl groups excluding tert-OH is 1. The van der Waals surface area contributed by atoms with E-state index in [2.05, 4.69) is 25.9 Å². The van der Waals surface area contributed by atoms with Crippen LogP contribution >= 0.6 is 0 Å². The lowest BCUT2D eigenvalue weighted by atomic mass is 10.0. The summed E-state index contributed by atoms with van der Waals surface area (Å²) in [7, 11) is 1.82. The van der Waals surface area contributed by atoms with Crippen LogP contribution in [-0.2, 0) is 11.8 Å². The van der Waals surface area contributed by atoms with Crippen molar-refractivity contribution in [3.8, 4) is 0 Å². The molecule has 4 N–H and O–H groups in total. The lowest BCUT2D eigenvalue weighted by molar-refractivity contribution is 0.0981. The van der Waals surface area contributed by atoms with E-state index in [1.54, 1.807) is 10.9 Å². The van der Waals surface area contributed by atoms with Crippen LogP contribution in [0.1, 0.15) is 62.2 Å². The molecule has 1 aliphatic carbocycles. The molecule has 1 amide bonds. The van der Waals surface area contributed by atoms with Crippen molar-refractivity contribution in [2.24, 2.45) is 7.05 Å². The molecule has 0 aliphatic heterocycles. The summed E-state index contributed by atoms with van der Waals surface area (Å²) in [5.74, 6) is 0.824. The number of aromatic amines is 1. The monoisotopic (exact) mass is 376 g/mol. The molecule has 0 radical (unpaired) electrons. The summed E-state index contributed by atoms with van der Waals surface area (Å²) >= 11 is 0. The minimum absolute atomic E-state index is 0.0609. The molecule has 9 heteroatoms. The Morgan fingerprint density at radius 2 is 2.22 bits per heavy atom. The molecule has 1 unspecified atom stereocenters. The quantitative estimate of drug-likeness (QED) is 0.575. The number of alkyl carbamates (subject to hydrolysis) is 1. The summed E-state index contributed by atoms with van der Waals surface area (Å²) in [6, 6.07) is 1.96. The van der Waals surface area contributed by atoms with E-state index >= 15 is 0 Å². The first-order valence-electron chi connectivity index (χ1n) is 9.29. The number of aryl methyl sites for hydroxylation is 2.